The van der Waals surface area contributed by atoms with Crippen LogP contribution in [-0.4, -0.2) is 47.5 Å². The predicted molar refractivity (Wildman–Crippen MR) is 102 cm³/mol. The van der Waals surface area contributed by atoms with Crippen LogP contribution in [0.25, 0.3) is 0 Å². The number of amides is 5. The van der Waals surface area contributed by atoms with Gasteiger partial charge in [0.05, 0.1) is 6.61 Å². The van der Waals surface area contributed by atoms with Crippen molar-refractivity contribution in [3.05, 3.63) is 34.9 Å². The lowest BCUT2D eigenvalue weighted by Crippen LogP contribution is -2.52. The van der Waals surface area contributed by atoms with Crippen molar-refractivity contribution in [3.8, 4) is 0 Å². The average Bonchev–Trinajstić information content (AvgIpc) is 3.28. The van der Waals surface area contributed by atoms with Gasteiger partial charge < -0.3 is 15.5 Å². The summed E-state index contributed by atoms with van der Waals surface area (Å²) in [6.07, 6.45) is 1.03. The molecule has 4 N–H and O–H groups in total. The maximum Gasteiger partial charge on any atom is 0.316 e. The van der Waals surface area contributed by atoms with Gasteiger partial charge in [0.15, 0.2) is 0 Å². The fraction of sp³-hybridized carbons (Fsp3) is 0.444. The third-order valence-electron chi connectivity index (χ3n) is 5.09. The number of imide groups is 1. The summed E-state index contributed by atoms with van der Waals surface area (Å²) in [4.78, 5) is 54.6. The highest BCUT2D eigenvalue weighted by Gasteiger charge is 2.39. The predicted octanol–water partition coefficient (Wildman–Crippen LogP) is 0.236. The Morgan fingerprint density at radius 2 is 2.14 bits per heavy atom. The van der Waals surface area contributed by atoms with Gasteiger partial charge in [-0.15, -0.1) is 0 Å². The number of urea groups is 1. The Morgan fingerprint density at radius 1 is 1.29 bits per heavy atom. The molecule has 3 heterocycles. The first-order chi connectivity index (χ1) is 13.5. The fourth-order valence-electron chi connectivity index (χ4n) is 3.60. The molecule has 2 fully saturated rings. The van der Waals surface area contributed by atoms with E-state index in [0.29, 0.717) is 31.6 Å². The Labute approximate surface area is 165 Å². The zero-order valence-electron chi connectivity index (χ0n) is 15.1. The number of nitrogens with one attached hydrogen (secondary N) is 4. The molecule has 10 nitrogen and oxygen atoms in total. The van der Waals surface area contributed by atoms with E-state index in [2.05, 4.69) is 21.4 Å². The zero-order valence-corrected chi connectivity index (χ0v) is 15.1. The van der Waals surface area contributed by atoms with Crippen molar-refractivity contribution in [3.63, 3.8) is 0 Å². The molecule has 0 aromatic heterocycles. The Kier molecular flexibility index (Phi) is 4.97. The van der Waals surface area contributed by atoms with Gasteiger partial charge in [0, 0.05) is 35.8 Å². The highest BCUT2D eigenvalue weighted by atomic mass is 16.7. The summed E-state index contributed by atoms with van der Waals surface area (Å²) in [7, 11) is 0. The number of benzene rings is 1. The highest BCUT2D eigenvalue weighted by Crippen LogP contribution is 2.28. The van der Waals surface area contributed by atoms with E-state index in [0.717, 1.165) is 11.1 Å². The van der Waals surface area contributed by atoms with Gasteiger partial charge in [-0.3, -0.25) is 24.5 Å². The first kappa shape index (κ1) is 18.4. The summed E-state index contributed by atoms with van der Waals surface area (Å²) in [6.45, 7) is 1.14. The molecule has 1 aromatic rings. The number of hydrogen-bond donors (Lipinski definition) is 4. The topological polar surface area (TPSA) is 129 Å². The van der Waals surface area contributed by atoms with Gasteiger partial charge in [-0.25, -0.2) is 4.79 Å². The van der Waals surface area contributed by atoms with Gasteiger partial charge in [-0.1, -0.05) is 12.1 Å². The Hall–Kier alpha value is -2.98. The molecular weight excluding hydrogens is 366 g/mol. The quantitative estimate of drug-likeness (QED) is 0.542. The Bertz CT molecular complexity index is 850. The van der Waals surface area contributed by atoms with Gasteiger partial charge in [-0.05, 0) is 23.6 Å². The maximum atomic E-state index is 12.8. The van der Waals surface area contributed by atoms with E-state index in [9.17, 15) is 19.2 Å². The number of carbonyl (C=O) groups is 4. The molecule has 2 saturated heterocycles. The SMILES string of the molecule is O=C1CCC(N2Cc3ccc(CNC(=O)NC4CCON4)cc3C2=O)C(=O)N1.[HH].[HH].[HH]. The van der Waals surface area contributed by atoms with Gasteiger partial charge in [0.1, 0.15) is 12.2 Å². The third kappa shape index (κ3) is 3.69. The van der Waals surface area contributed by atoms with Crippen molar-refractivity contribution in [2.75, 3.05) is 6.61 Å². The Balaban J connectivity index is 0.00000160. The molecular formula is C18H27N5O5. The van der Waals surface area contributed by atoms with Crippen LogP contribution in [0.5, 0.6) is 0 Å². The van der Waals surface area contributed by atoms with Crippen molar-refractivity contribution >= 4 is 23.8 Å². The summed E-state index contributed by atoms with van der Waals surface area (Å²) in [5, 5.41) is 7.77. The lowest BCUT2D eigenvalue weighted by atomic mass is 10.0. The van der Waals surface area contributed by atoms with Gasteiger partial charge >= 0.3 is 6.03 Å². The van der Waals surface area contributed by atoms with Crippen LogP contribution < -0.4 is 21.4 Å². The van der Waals surface area contributed by atoms with E-state index in [-0.39, 0.29) is 41.3 Å². The van der Waals surface area contributed by atoms with E-state index in [1.807, 2.05) is 12.1 Å². The second-order valence-corrected chi connectivity index (χ2v) is 7.03. The molecule has 5 amide bonds. The number of hydrogen-bond acceptors (Lipinski definition) is 6. The number of nitrogens with zero attached hydrogens (tertiary/aromatic N) is 1. The minimum absolute atomic E-state index is 0. The monoisotopic (exact) mass is 393 g/mol. The van der Waals surface area contributed by atoms with Crippen molar-refractivity contribution in [2.24, 2.45) is 0 Å². The van der Waals surface area contributed by atoms with Crippen LogP contribution in [0, 0.1) is 0 Å². The molecule has 28 heavy (non-hydrogen) atoms. The molecule has 154 valence electrons. The van der Waals surface area contributed by atoms with Gasteiger partial charge in [0.2, 0.25) is 11.8 Å². The molecule has 2 atom stereocenters. The molecule has 0 spiro atoms. The van der Waals surface area contributed by atoms with Crippen LogP contribution in [0.4, 0.5) is 4.79 Å². The second kappa shape index (κ2) is 7.56. The molecule has 2 unspecified atom stereocenters. The number of rotatable bonds is 4. The van der Waals surface area contributed by atoms with Crippen LogP contribution in [0.2, 0.25) is 0 Å². The van der Waals surface area contributed by atoms with Crippen LogP contribution in [-0.2, 0) is 27.5 Å². The molecule has 0 aliphatic carbocycles. The van der Waals surface area contributed by atoms with E-state index in [4.69, 9.17) is 4.84 Å². The standard InChI is InChI=1S/C18H21N5O5.3H2/c24-15-4-3-13(16(25)21-15)23-9-11-2-1-10(7-12(11)17(23)26)8-19-18(27)20-14-5-6-28-22-14;;;/h1-2,7,13-14,22H,3-6,8-9H2,(H2,19,20,27)(H,21,24,25);3*1H. The minimum atomic E-state index is -0.633. The summed E-state index contributed by atoms with van der Waals surface area (Å²) >= 11 is 0. The zero-order chi connectivity index (χ0) is 19.7. The molecule has 1 aromatic carbocycles. The molecule has 3 aliphatic heterocycles. The first-order valence-corrected chi connectivity index (χ1v) is 9.19. The van der Waals surface area contributed by atoms with Gasteiger partial charge in [-0.2, -0.15) is 5.48 Å². The van der Waals surface area contributed by atoms with Gasteiger partial charge in [0.25, 0.3) is 5.91 Å². The highest BCUT2D eigenvalue weighted by molar-refractivity contribution is 6.05. The molecule has 3 aliphatic rings. The summed E-state index contributed by atoms with van der Waals surface area (Å²) in [5.74, 6) is -0.972. The number of carbonyl (C=O) groups excluding carboxylic acids is 4. The fourth-order valence-corrected chi connectivity index (χ4v) is 3.60. The van der Waals surface area contributed by atoms with E-state index in [1.165, 1.54) is 4.90 Å². The van der Waals surface area contributed by atoms with Crippen molar-refractivity contribution in [2.45, 2.75) is 44.6 Å². The van der Waals surface area contributed by atoms with E-state index < -0.39 is 11.9 Å². The van der Waals surface area contributed by atoms with Crippen molar-refractivity contribution in [1.29, 1.82) is 0 Å². The van der Waals surface area contributed by atoms with E-state index in [1.54, 1.807) is 6.07 Å². The third-order valence-corrected chi connectivity index (χ3v) is 5.09. The Morgan fingerprint density at radius 3 is 2.89 bits per heavy atom. The lowest BCUT2D eigenvalue weighted by Gasteiger charge is -2.29. The summed E-state index contributed by atoms with van der Waals surface area (Å²) < 4.78 is 0. The largest absolute Gasteiger partial charge is 0.334 e. The molecule has 0 bridgehead atoms. The lowest BCUT2D eigenvalue weighted by molar-refractivity contribution is -0.136. The van der Waals surface area contributed by atoms with Crippen LogP contribution >= 0.6 is 0 Å². The molecule has 0 radical (unpaired) electrons. The smallest absolute Gasteiger partial charge is 0.316 e. The molecule has 10 heteroatoms. The number of piperidine rings is 1. The summed E-state index contributed by atoms with van der Waals surface area (Å²) in [5.41, 5.74) is 4.82. The first-order valence-electron chi connectivity index (χ1n) is 9.19. The van der Waals surface area contributed by atoms with E-state index >= 15 is 0 Å². The van der Waals surface area contributed by atoms with Crippen LogP contribution in [0.15, 0.2) is 18.2 Å². The number of fused-ring (bicyclic) bond motifs is 1. The van der Waals surface area contributed by atoms with Crippen molar-refractivity contribution in [1.82, 2.24) is 26.3 Å². The average molecular weight is 393 g/mol. The van der Waals surface area contributed by atoms with Crippen LogP contribution in [0.3, 0.4) is 0 Å². The molecule has 0 saturated carbocycles. The molecule has 4 rings (SSSR count). The maximum absolute atomic E-state index is 12.8. The van der Waals surface area contributed by atoms with Crippen molar-refractivity contribution < 1.29 is 28.3 Å². The second-order valence-electron chi connectivity index (χ2n) is 7.03. The normalized spacial score (nSPS) is 24.1. The van der Waals surface area contributed by atoms with Crippen LogP contribution in [0.1, 0.15) is 45.0 Å². The number of hydroxylamine groups is 1. The minimum Gasteiger partial charge on any atom is -0.334 e. The summed E-state index contributed by atoms with van der Waals surface area (Å²) in [6, 6.07) is 4.45.